The van der Waals surface area contributed by atoms with Crippen LogP contribution in [0.15, 0.2) is 30.6 Å². The number of carboxylic acids is 1. The molecule has 1 aromatic carbocycles. The van der Waals surface area contributed by atoms with Gasteiger partial charge in [-0.25, -0.2) is 9.78 Å². The molecule has 0 aliphatic carbocycles. The normalized spacial score (nSPS) is 18.1. The number of amides is 1. The molecule has 8 nitrogen and oxygen atoms in total. The number of carbonyl (C=O) groups is 2. The average Bonchev–Trinajstić information content (AvgIpc) is 3.13. The smallest absolute Gasteiger partial charge is 0.475 e. The van der Waals surface area contributed by atoms with Gasteiger partial charge in [-0.3, -0.25) is 9.78 Å². The van der Waals surface area contributed by atoms with E-state index < -0.39 is 12.1 Å². The number of carbonyl (C=O) groups excluding carboxylic acids is 1. The fourth-order valence-electron chi connectivity index (χ4n) is 3.53. The average molecular weight is 451 g/mol. The van der Waals surface area contributed by atoms with Gasteiger partial charge in [-0.1, -0.05) is 6.07 Å². The Kier molecular flexibility index (Phi) is 7.29. The number of piperidine rings is 1. The molecule has 0 unspecified atom stereocenters. The summed E-state index contributed by atoms with van der Waals surface area (Å²) >= 11 is 0. The predicted molar refractivity (Wildman–Crippen MR) is 111 cm³/mol. The van der Waals surface area contributed by atoms with Crippen molar-refractivity contribution in [2.75, 3.05) is 18.4 Å². The molecule has 4 rings (SSSR count). The number of halogens is 3. The van der Waals surface area contributed by atoms with Crippen LogP contribution in [-0.2, 0) is 11.2 Å². The lowest BCUT2D eigenvalue weighted by Gasteiger charge is -2.23. The van der Waals surface area contributed by atoms with Gasteiger partial charge in [0, 0.05) is 23.3 Å². The van der Waals surface area contributed by atoms with Crippen molar-refractivity contribution in [3.05, 3.63) is 41.9 Å². The zero-order chi connectivity index (χ0) is 23.3. The molecule has 2 aromatic rings. The highest BCUT2D eigenvalue weighted by molar-refractivity contribution is 5.92. The van der Waals surface area contributed by atoms with Crippen LogP contribution in [0.3, 0.4) is 0 Å². The Labute approximate surface area is 182 Å². The van der Waals surface area contributed by atoms with Crippen molar-refractivity contribution in [1.82, 2.24) is 20.6 Å². The Morgan fingerprint density at radius 3 is 2.44 bits per heavy atom. The minimum absolute atomic E-state index is 0.141. The molecule has 1 atom stereocenters. The van der Waals surface area contributed by atoms with E-state index in [9.17, 15) is 18.0 Å². The number of hydrogen-bond acceptors (Lipinski definition) is 6. The Morgan fingerprint density at radius 1 is 1.16 bits per heavy atom. The third kappa shape index (κ3) is 6.16. The Hall–Kier alpha value is -3.21. The van der Waals surface area contributed by atoms with E-state index in [1.54, 1.807) is 12.4 Å². The topological polar surface area (TPSA) is 116 Å². The van der Waals surface area contributed by atoms with Gasteiger partial charge in [-0.05, 0) is 57.0 Å². The molecule has 2 aliphatic rings. The van der Waals surface area contributed by atoms with Crippen LogP contribution in [0.25, 0.3) is 11.3 Å². The molecule has 1 aromatic heterocycles. The number of benzene rings is 1. The Morgan fingerprint density at radius 2 is 1.84 bits per heavy atom. The third-order valence-corrected chi connectivity index (χ3v) is 5.13. The van der Waals surface area contributed by atoms with E-state index in [0.29, 0.717) is 11.7 Å². The lowest BCUT2D eigenvalue weighted by molar-refractivity contribution is -0.192. The molecule has 32 heavy (non-hydrogen) atoms. The molecule has 172 valence electrons. The molecule has 1 saturated heterocycles. The summed E-state index contributed by atoms with van der Waals surface area (Å²) in [4.78, 5) is 30.0. The van der Waals surface area contributed by atoms with Crippen molar-refractivity contribution in [2.24, 2.45) is 0 Å². The van der Waals surface area contributed by atoms with E-state index in [1.165, 1.54) is 11.3 Å². The maximum absolute atomic E-state index is 12.3. The lowest BCUT2D eigenvalue weighted by atomic mass is 10.1. The number of nitrogens with one attached hydrogen (secondary N) is 3. The number of anilines is 1. The highest BCUT2D eigenvalue weighted by Crippen LogP contribution is 2.29. The number of aromatic nitrogens is 2. The molecule has 1 fully saturated rings. The summed E-state index contributed by atoms with van der Waals surface area (Å²) < 4.78 is 31.7. The van der Waals surface area contributed by atoms with Crippen LogP contribution in [0.5, 0.6) is 0 Å². The Balaban J connectivity index is 0.000000360. The standard InChI is InChI=1S/C19H23N5O.C2HF3O2/c1-12-8-14-9-13(2-3-16(14)23-12)17-10-22-18(11-21-17)19(25)24-15-4-6-20-7-5-15;3-2(4,5)1(6)7/h2-3,9-12,15,20,23H,4-8H2,1H3,(H,24,25);(H,6,7)/t12-;/m1./s1. The van der Waals surface area contributed by atoms with Crippen molar-refractivity contribution in [2.45, 2.75) is 44.4 Å². The molecule has 2 aliphatic heterocycles. The van der Waals surface area contributed by atoms with Gasteiger partial charge in [0.15, 0.2) is 0 Å². The van der Waals surface area contributed by atoms with Crippen molar-refractivity contribution in [1.29, 1.82) is 0 Å². The van der Waals surface area contributed by atoms with Gasteiger partial charge < -0.3 is 21.1 Å². The second-order valence-electron chi connectivity index (χ2n) is 7.71. The van der Waals surface area contributed by atoms with Crippen LogP contribution in [0.2, 0.25) is 0 Å². The summed E-state index contributed by atoms with van der Waals surface area (Å²) in [5, 5.41) is 16.9. The van der Waals surface area contributed by atoms with Crippen molar-refractivity contribution >= 4 is 17.6 Å². The fraction of sp³-hybridized carbons (Fsp3) is 0.429. The van der Waals surface area contributed by atoms with Gasteiger partial charge in [0.1, 0.15) is 5.69 Å². The molecule has 1 amide bonds. The summed E-state index contributed by atoms with van der Waals surface area (Å²) in [5.74, 6) is -2.90. The van der Waals surface area contributed by atoms with Crippen molar-refractivity contribution in [3.63, 3.8) is 0 Å². The highest BCUT2D eigenvalue weighted by Gasteiger charge is 2.38. The number of hydrogen-bond donors (Lipinski definition) is 4. The molecule has 4 N–H and O–H groups in total. The van der Waals surface area contributed by atoms with Crippen LogP contribution in [0.1, 0.15) is 35.8 Å². The van der Waals surface area contributed by atoms with Crippen LogP contribution in [0, 0.1) is 0 Å². The molecule has 0 spiro atoms. The molecule has 0 saturated carbocycles. The molecule has 3 heterocycles. The van der Waals surface area contributed by atoms with Crippen molar-refractivity contribution in [3.8, 4) is 11.3 Å². The second-order valence-corrected chi connectivity index (χ2v) is 7.71. The molecule has 0 bridgehead atoms. The Bertz CT molecular complexity index is 960. The second kappa shape index (κ2) is 9.94. The quantitative estimate of drug-likeness (QED) is 0.567. The minimum Gasteiger partial charge on any atom is -0.475 e. The summed E-state index contributed by atoms with van der Waals surface area (Å²) in [6.45, 7) is 4.07. The van der Waals surface area contributed by atoms with Crippen LogP contribution < -0.4 is 16.0 Å². The molecule has 11 heteroatoms. The number of aliphatic carboxylic acids is 1. The van der Waals surface area contributed by atoms with E-state index in [0.717, 1.165) is 43.6 Å². The van der Waals surface area contributed by atoms with Crippen LogP contribution in [0.4, 0.5) is 18.9 Å². The van der Waals surface area contributed by atoms with E-state index in [-0.39, 0.29) is 11.9 Å². The van der Waals surface area contributed by atoms with Crippen LogP contribution >= 0.6 is 0 Å². The first-order valence-electron chi connectivity index (χ1n) is 10.2. The SMILES string of the molecule is C[C@@H]1Cc2cc(-c3cnc(C(=O)NC4CCNCC4)cn3)ccc2N1.O=C(O)C(F)(F)F. The zero-order valence-corrected chi connectivity index (χ0v) is 17.4. The van der Waals surface area contributed by atoms with Gasteiger partial charge in [0.05, 0.1) is 18.1 Å². The lowest BCUT2D eigenvalue weighted by Crippen LogP contribution is -2.42. The number of nitrogens with zero attached hydrogens (tertiary/aromatic N) is 2. The minimum atomic E-state index is -5.08. The van der Waals surface area contributed by atoms with Gasteiger partial charge >= 0.3 is 12.1 Å². The summed E-state index contributed by atoms with van der Waals surface area (Å²) in [6, 6.07) is 6.99. The molecular weight excluding hydrogens is 427 g/mol. The summed E-state index contributed by atoms with van der Waals surface area (Å²) in [7, 11) is 0. The molecule has 0 radical (unpaired) electrons. The summed E-state index contributed by atoms with van der Waals surface area (Å²) in [6.07, 6.45) is 1.11. The van der Waals surface area contributed by atoms with E-state index in [4.69, 9.17) is 9.90 Å². The van der Waals surface area contributed by atoms with E-state index in [2.05, 4.69) is 45.0 Å². The third-order valence-electron chi connectivity index (χ3n) is 5.13. The highest BCUT2D eigenvalue weighted by atomic mass is 19.4. The first-order chi connectivity index (χ1) is 15.1. The maximum Gasteiger partial charge on any atom is 0.490 e. The maximum atomic E-state index is 12.3. The number of carboxylic acid groups (broad SMARTS) is 1. The zero-order valence-electron chi connectivity index (χ0n) is 17.4. The fourth-order valence-corrected chi connectivity index (χ4v) is 3.53. The number of alkyl halides is 3. The largest absolute Gasteiger partial charge is 0.490 e. The van der Waals surface area contributed by atoms with E-state index in [1.807, 2.05) is 6.07 Å². The predicted octanol–water partition coefficient (Wildman–Crippen LogP) is 2.62. The number of fused-ring (bicyclic) bond motifs is 1. The molecular formula is C21H24F3N5O3. The van der Waals surface area contributed by atoms with Crippen molar-refractivity contribution < 1.29 is 27.9 Å². The van der Waals surface area contributed by atoms with Crippen LogP contribution in [-0.4, -0.2) is 58.3 Å². The van der Waals surface area contributed by atoms with E-state index >= 15 is 0 Å². The van der Waals surface area contributed by atoms with Gasteiger partial charge in [-0.15, -0.1) is 0 Å². The van der Waals surface area contributed by atoms with Gasteiger partial charge in [0.2, 0.25) is 0 Å². The first kappa shape index (κ1) is 23.5. The monoisotopic (exact) mass is 451 g/mol. The number of rotatable bonds is 3. The first-order valence-corrected chi connectivity index (χ1v) is 10.2. The van der Waals surface area contributed by atoms with Gasteiger partial charge in [-0.2, -0.15) is 13.2 Å². The van der Waals surface area contributed by atoms with Gasteiger partial charge in [0.25, 0.3) is 5.91 Å². The summed E-state index contributed by atoms with van der Waals surface area (Å²) in [5.41, 5.74) is 4.70.